The molecule has 0 heterocycles. The Kier molecular flexibility index (Phi) is 5.89. The maximum Gasteiger partial charge on any atom is 0.171 e. The molecule has 1 unspecified atom stereocenters. The minimum Gasteiger partial charge on any atom is -0.497 e. The molecule has 116 valence electrons. The van der Waals surface area contributed by atoms with Crippen molar-refractivity contribution in [1.82, 2.24) is 5.32 Å². The molecular weight excluding hydrogens is 339 g/mol. The predicted octanol–water partition coefficient (Wildman–Crippen LogP) is 5.05. The van der Waals surface area contributed by atoms with Crippen molar-refractivity contribution in [2.75, 3.05) is 12.4 Å². The molecule has 22 heavy (non-hydrogen) atoms. The zero-order chi connectivity index (χ0) is 16.1. The van der Waals surface area contributed by atoms with E-state index in [0.717, 1.165) is 17.0 Å². The van der Waals surface area contributed by atoms with Crippen molar-refractivity contribution >= 4 is 46.2 Å². The van der Waals surface area contributed by atoms with Crippen molar-refractivity contribution < 1.29 is 4.74 Å². The Morgan fingerprint density at radius 2 is 1.82 bits per heavy atom. The summed E-state index contributed by atoms with van der Waals surface area (Å²) in [5, 5.41) is 7.89. The standard InChI is InChI=1S/C16H16Cl2N2OS/c1-10(11-4-3-5-15(6-11)21-2)19-16(22)20-14-8-12(17)7-13(18)9-14/h3-10H,1-2H3,(H2,19,20,22). The Morgan fingerprint density at radius 1 is 1.14 bits per heavy atom. The van der Waals surface area contributed by atoms with Gasteiger partial charge < -0.3 is 15.4 Å². The van der Waals surface area contributed by atoms with Crippen LogP contribution in [0.1, 0.15) is 18.5 Å². The molecule has 2 N–H and O–H groups in total. The second kappa shape index (κ2) is 7.68. The third-order valence-electron chi connectivity index (χ3n) is 3.06. The van der Waals surface area contributed by atoms with Gasteiger partial charge in [0.2, 0.25) is 0 Å². The van der Waals surface area contributed by atoms with E-state index < -0.39 is 0 Å². The minimum absolute atomic E-state index is 0.0322. The number of ether oxygens (including phenoxy) is 1. The molecule has 0 aromatic heterocycles. The molecule has 2 aromatic rings. The Morgan fingerprint density at radius 3 is 2.45 bits per heavy atom. The summed E-state index contributed by atoms with van der Waals surface area (Å²) >= 11 is 17.3. The quantitative estimate of drug-likeness (QED) is 0.752. The normalized spacial score (nSPS) is 11.6. The van der Waals surface area contributed by atoms with Gasteiger partial charge in [-0.15, -0.1) is 0 Å². The molecule has 0 saturated heterocycles. The molecule has 0 bridgehead atoms. The fourth-order valence-corrected chi connectivity index (χ4v) is 2.80. The molecule has 0 aliphatic carbocycles. The van der Waals surface area contributed by atoms with E-state index in [1.165, 1.54) is 0 Å². The highest BCUT2D eigenvalue weighted by Crippen LogP contribution is 2.23. The summed E-state index contributed by atoms with van der Waals surface area (Å²) in [4.78, 5) is 0. The number of benzene rings is 2. The van der Waals surface area contributed by atoms with Gasteiger partial charge in [-0.25, -0.2) is 0 Å². The fraction of sp³-hybridized carbons (Fsp3) is 0.188. The first-order valence-corrected chi connectivity index (χ1v) is 7.82. The van der Waals surface area contributed by atoms with Gasteiger partial charge in [0.15, 0.2) is 5.11 Å². The van der Waals surface area contributed by atoms with E-state index in [4.69, 9.17) is 40.2 Å². The molecular formula is C16H16Cl2N2OS. The summed E-state index contributed by atoms with van der Waals surface area (Å²) in [5.74, 6) is 0.812. The highest BCUT2D eigenvalue weighted by Gasteiger charge is 2.08. The second-order valence-corrected chi connectivity index (χ2v) is 6.04. The van der Waals surface area contributed by atoms with Gasteiger partial charge in [0.1, 0.15) is 5.75 Å². The number of thiocarbonyl (C=S) groups is 1. The summed E-state index contributed by atoms with van der Waals surface area (Å²) in [6, 6.07) is 13.1. The first-order valence-electron chi connectivity index (χ1n) is 6.65. The Balaban J connectivity index is 2.01. The lowest BCUT2D eigenvalue weighted by Crippen LogP contribution is -2.30. The highest BCUT2D eigenvalue weighted by molar-refractivity contribution is 7.80. The molecule has 0 fully saturated rings. The van der Waals surface area contributed by atoms with Crippen LogP contribution in [0.25, 0.3) is 0 Å². The van der Waals surface area contributed by atoms with E-state index >= 15 is 0 Å². The van der Waals surface area contributed by atoms with E-state index in [0.29, 0.717) is 15.2 Å². The Bertz CT molecular complexity index is 659. The fourth-order valence-electron chi connectivity index (χ4n) is 1.98. The molecule has 6 heteroatoms. The highest BCUT2D eigenvalue weighted by atomic mass is 35.5. The van der Waals surface area contributed by atoms with Crippen molar-refractivity contribution in [3.8, 4) is 5.75 Å². The first kappa shape index (κ1) is 16.9. The van der Waals surface area contributed by atoms with Crippen LogP contribution in [0.5, 0.6) is 5.75 Å². The number of anilines is 1. The molecule has 0 aliphatic rings. The number of hydrogen-bond acceptors (Lipinski definition) is 2. The third-order valence-corrected chi connectivity index (χ3v) is 3.72. The molecule has 0 spiro atoms. The van der Waals surface area contributed by atoms with Crippen molar-refractivity contribution in [1.29, 1.82) is 0 Å². The molecule has 0 saturated carbocycles. The monoisotopic (exact) mass is 354 g/mol. The molecule has 3 nitrogen and oxygen atoms in total. The largest absolute Gasteiger partial charge is 0.497 e. The first-order chi connectivity index (χ1) is 10.5. The molecule has 0 amide bonds. The van der Waals surface area contributed by atoms with Gasteiger partial charge in [0.05, 0.1) is 13.2 Å². The smallest absolute Gasteiger partial charge is 0.171 e. The molecule has 0 aliphatic heterocycles. The maximum absolute atomic E-state index is 5.97. The Hall–Kier alpha value is -1.49. The summed E-state index contributed by atoms with van der Waals surface area (Å²) in [6.07, 6.45) is 0. The van der Waals surface area contributed by atoms with E-state index in [1.807, 2.05) is 31.2 Å². The SMILES string of the molecule is COc1cccc(C(C)NC(=S)Nc2cc(Cl)cc(Cl)c2)c1. The van der Waals surface area contributed by atoms with Crippen LogP contribution in [0.3, 0.4) is 0 Å². The van der Waals surface area contributed by atoms with Crippen LogP contribution in [0.2, 0.25) is 10.0 Å². The van der Waals surface area contributed by atoms with Crippen LogP contribution >= 0.6 is 35.4 Å². The van der Waals surface area contributed by atoms with Crippen LogP contribution in [0.4, 0.5) is 5.69 Å². The topological polar surface area (TPSA) is 33.3 Å². The van der Waals surface area contributed by atoms with Gasteiger partial charge in [-0.3, -0.25) is 0 Å². The second-order valence-electron chi connectivity index (χ2n) is 4.75. The average molecular weight is 355 g/mol. The summed E-state index contributed by atoms with van der Waals surface area (Å²) < 4.78 is 5.23. The van der Waals surface area contributed by atoms with Gasteiger partial charge in [-0.2, -0.15) is 0 Å². The lowest BCUT2D eigenvalue weighted by molar-refractivity contribution is 0.413. The molecule has 0 radical (unpaired) electrons. The number of nitrogens with one attached hydrogen (secondary N) is 2. The molecule has 1 atom stereocenters. The van der Waals surface area contributed by atoms with Crippen molar-refractivity contribution in [2.24, 2.45) is 0 Å². The van der Waals surface area contributed by atoms with Crippen LogP contribution in [-0.4, -0.2) is 12.2 Å². The number of halogens is 2. The zero-order valence-corrected chi connectivity index (χ0v) is 14.5. The number of rotatable bonds is 4. The average Bonchev–Trinajstić information content (AvgIpc) is 2.46. The maximum atomic E-state index is 5.97. The van der Waals surface area contributed by atoms with Crippen molar-refractivity contribution in [3.05, 3.63) is 58.1 Å². The summed E-state index contributed by atoms with van der Waals surface area (Å²) in [5.41, 5.74) is 1.82. The number of hydrogen-bond donors (Lipinski definition) is 2. The summed E-state index contributed by atoms with van der Waals surface area (Å²) in [7, 11) is 1.65. The molecule has 2 rings (SSSR count). The van der Waals surface area contributed by atoms with Crippen molar-refractivity contribution in [3.63, 3.8) is 0 Å². The van der Waals surface area contributed by atoms with Crippen molar-refractivity contribution in [2.45, 2.75) is 13.0 Å². The van der Waals surface area contributed by atoms with E-state index in [-0.39, 0.29) is 6.04 Å². The van der Waals surface area contributed by atoms with Crippen LogP contribution in [-0.2, 0) is 0 Å². The van der Waals surface area contributed by atoms with E-state index in [9.17, 15) is 0 Å². The van der Waals surface area contributed by atoms with E-state index in [2.05, 4.69) is 10.6 Å². The third kappa shape index (κ3) is 4.77. The van der Waals surface area contributed by atoms with Gasteiger partial charge in [-0.05, 0) is 55.0 Å². The lowest BCUT2D eigenvalue weighted by Gasteiger charge is -2.18. The zero-order valence-electron chi connectivity index (χ0n) is 12.2. The molecule has 2 aromatic carbocycles. The van der Waals surface area contributed by atoms with Crippen LogP contribution in [0, 0.1) is 0 Å². The van der Waals surface area contributed by atoms with Gasteiger partial charge in [0.25, 0.3) is 0 Å². The van der Waals surface area contributed by atoms with E-state index in [1.54, 1.807) is 25.3 Å². The number of methoxy groups -OCH3 is 1. The predicted molar refractivity (Wildman–Crippen MR) is 97.2 cm³/mol. The minimum atomic E-state index is 0.0322. The Labute approximate surface area is 145 Å². The van der Waals surface area contributed by atoms with Gasteiger partial charge >= 0.3 is 0 Å². The summed E-state index contributed by atoms with van der Waals surface area (Å²) in [6.45, 7) is 2.02. The van der Waals surface area contributed by atoms with Gasteiger partial charge in [0, 0.05) is 15.7 Å². The lowest BCUT2D eigenvalue weighted by atomic mass is 10.1. The van der Waals surface area contributed by atoms with Crippen LogP contribution in [0.15, 0.2) is 42.5 Å². The van der Waals surface area contributed by atoms with Crippen LogP contribution < -0.4 is 15.4 Å². The van der Waals surface area contributed by atoms with Gasteiger partial charge in [-0.1, -0.05) is 35.3 Å².